The largest absolute Gasteiger partial charge is 0.381 e. The second-order valence-electron chi connectivity index (χ2n) is 4.50. The molecule has 0 aliphatic rings. The first-order valence-corrected chi connectivity index (χ1v) is 7.53. The third kappa shape index (κ3) is 3.43. The molecule has 0 aliphatic carbocycles. The Morgan fingerprint density at radius 2 is 2.10 bits per heavy atom. The van der Waals surface area contributed by atoms with E-state index in [1.807, 2.05) is 42.5 Å². The van der Waals surface area contributed by atoms with Crippen molar-refractivity contribution in [3.63, 3.8) is 0 Å². The van der Waals surface area contributed by atoms with Crippen LogP contribution in [0.4, 0.5) is 5.69 Å². The third-order valence-corrected chi connectivity index (χ3v) is 3.89. The number of H-pyrrole nitrogens is 1. The monoisotopic (exact) mass is 362 g/mol. The molecule has 0 aliphatic heterocycles. The minimum absolute atomic E-state index is 0.659. The van der Waals surface area contributed by atoms with Gasteiger partial charge in [0.1, 0.15) is 6.33 Å². The Kier molecular flexibility index (Phi) is 4.22. The van der Waals surface area contributed by atoms with Crippen molar-refractivity contribution >= 4 is 33.2 Å². The van der Waals surface area contributed by atoms with Crippen molar-refractivity contribution in [2.45, 2.75) is 6.54 Å². The van der Waals surface area contributed by atoms with Crippen LogP contribution in [0, 0.1) is 0 Å². The normalized spacial score (nSPS) is 10.6. The van der Waals surface area contributed by atoms with E-state index in [1.165, 1.54) is 6.33 Å². The van der Waals surface area contributed by atoms with Gasteiger partial charge in [0, 0.05) is 27.3 Å². The summed E-state index contributed by atoms with van der Waals surface area (Å²) < 4.78 is 0.976. The molecule has 0 spiro atoms. The van der Waals surface area contributed by atoms with Crippen LogP contribution in [0.2, 0.25) is 5.02 Å². The molecule has 21 heavy (non-hydrogen) atoms. The minimum Gasteiger partial charge on any atom is -0.381 e. The Labute approximate surface area is 135 Å². The van der Waals surface area contributed by atoms with Crippen LogP contribution in [-0.4, -0.2) is 15.2 Å². The topological polar surface area (TPSA) is 53.6 Å². The number of hydrogen-bond donors (Lipinski definition) is 2. The molecule has 106 valence electrons. The van der Waals surface area contributed by atoms with Gasteiger partial charge >= 0.3 is 0 Å². The molecule has 3 rings (SSSR count). The lowest BCUT2D eigenvalue weighted by molar-refractivity contribution is 1.09. The number of hydrogen-bond acceptors (Lipinski definition) is 3. The van der Waals surface area contributed by atoms with Crippen LogP contribution in [0.3, 0.4) is 0 Å². The number of aromatic amines is 1. The predicted molar refractivity (Wildman–Crippen MR) is 88.3 cm³/mol. The Hall–Kier alpha value is -1.85. The fourth-order valence-electron chi connectivity index (χ4n) is 1.98. The van der Waals surface area contributed by atoms with Crippen molar-refractivity contribution in [2.75, 3.05) is 5.32 Å². The lowest BCUT2D eigenvalue weighted by Gasteiger charge is -2.09. The number of benzene rings is 2. The molecule has 2 N–H and O–H groups in total. The summed E-state index contributed by atoms with van der Waals surface area (Å²) in [6.45, 7) is 0.659. The predicted octanol–water partition coefficient (Wildman–Crippen LogP) is 4.50. The van der Waals surface area contributed by atoms with E-state index < -0.39 is 0 Å². The standard InChI is InChI=1S/C15H12BrClN4/c16-12-5-4-11(14(17)7-12)8-18-13-3-1-2-10(6-13)15-19-9-20-21-15/h1-7,9,18H,8H2,(H,19,20,21). The van der Waals surface area contributed by atoms with Crippen LogP contribution >= 0.6 is 27.5 Å². The van der Waals surface area contributed by atoms with Crippen molar-refractivity contribution in [2.24, 2.45) is 0 Å². The average Bonchev–Trinajstić information content (AvgIpc) is 3.01. The van der Waals surface area contributed by atoms with Gasteiger partial charge in [0.05, 0.1) is 0 Å². The molecule has 0 radical (unpaired) electrons. The van der Waals surface area contributed by atoms with E-state index in [4.69, 9.17) is 11.6 Å². The highest BCUT2D eigenvalue weighted by Crippen LogP contribution is 2.23. The summed E-state index contributed by atoms with van der Waals surface area (Å²) in [6, 6.07) is 13.9. The number of halogens is 2. The average molecular weight is 364 g/mol. The van der Waals surface area contributed by atoms with Crippen molar-refractivity contribution in [3.8, 4) is 11.4 Å². The molecule has 0 atom stereocenters. The zero-order valence-corrected chi connectivity index (χ0v) is 13.3. The number of nitrogens with one attached hydrogen (secondary N) is 2. The second kappa shape index (κ2) is 6.28. The summed E-state index contributed by atoms with van der Waals surface area (Å²) in [5.41, 5.74) is 3.03. The van der Waals surface area contributed by atoms with Gasteiger partial charge in [0.2, 0.25) is 0 Å². The maximum atomic E-state index is 6.21. The van der Waals surface area contributed by atoms with Gasteiger partial charge in [-0.15, -0.1) is 0 Å². The van der Waals surface area contributed by atoms with Gasteiger partial charge in [-0.1, -0.05) is 45.7 Å². The summed E-state index contributed by atoms with van der Waals surface area (Å²) in [5.74, 6) is 0.750. The Balaban J connectivity index is 1.75. The van der Waals surface area contributed by atoms with Crippen molar-refractivity contribution in [1.29, 1.82) is 0 Å². The van der Waals surface area contributed by atoms with E-state index in [1.54, 1.807) is 0 Å². The highest BCUT2D eigenvalue weighted by molar-refractivity contribution is 9.10. The van der Waals surface area contributed by atoms with Crippen molar-refractivity contribution in [1.82, 2.24) is 15.2 Å². The molecular weight excluding hydrogens is 352 g/mol. The highest BCUT2D eigenvalue weighted by Gasteiger charge is 2.04. The molecule has 0 bridgehead atoms. The van der Waals surface area contributed by atoms with Crippen LogP contribution < -0.4 is 5.32 Å². The van der Waals surface area contributed by atoms with Crippen LogP contribution in [-0.2, 0) is 6.54 Å². The Morgan fingerprint density at radius 1 is 1.19 bits per heavy atom. The molecular formula is C15H12BrClN4. The van der Waals surface area contributed by atoms with Crippen LogP contribution in [0.25, 0.3) is 11.4 Å². The molecule has 3 aromatic rings. The molecule has 4 nitrogen and oxygen atoms in total. The summed E-state index contributed by atoms with van der Waals surface area (Å²) in [5, 5.41) is 10.8. The highest BCUT2D eigenvalue weighted by atomic mass is 79.9. The summed E-state index contributed by atoms with van der Waals surface area (Å²) in [7, 11) is 0. The molecule has 1 heterocycles. The van der Waals surface area contributed by atoms with E-state index in [-0.39, 0.29) is 0 Å². The van der Waals surface area contributed by atoms with E-state index in [0.717, 1.165) is 32.1 Å². The van der Waals surface area contributed by atoms with Crippen molar-refractivity contribution in [3.05, 3.63) is 63.9 Å². The van der Waals surface area contributed by atoms with Gasteiger partial charge in [-0.25, -0.2) is 4.98 Å². The Bertz CT molecular complexity index is 743. The van der Waals surface area contributed by atoms with Gasteiger partial charge < -0.3 is 5.32 Å². The zero-order chi connectivity index (χ0) is 14.7. The van der Waals surface area contributed by atoms with Gasteiger partial charge in [-0.3, -0.25) is 5.10 Å². The zero-order valence-electron chi connectivity index (χ0n) is 11.0. The quantitative estimate of drug-likeness (QED) is 0.717. The fraction of sp³-hybridized carbons (Fsp3) is 0.0667. The van der Waals surface area contributed by atoms with Gasteiger partial charge in [-0.2, -0.15) is 5.10 Å². The summed E-state index contributed by atoms with van der Waals surface area (Å²) in [4.78, 5) is 4.15. The maximum absolute atomic E-state index is 6.21. The van der Waals surface area contributed by atoms with Crippen LogP contribution in [0.15, 0.2) is 53.3 Å². The first-order valence-electron chi connectivity index (χ1n) is 6.36. The summed E-state index contributed by atoms with van der Waals surface area (Å²) in [6.07, 6.45) is 1.50. The van der Waals surface area contributed by atoms with E-state index in [2.05, 4.69) is 36.4 Å². The third-order valence-electron chi connectivity index (χ3n) is 3.05. The van der Waals surface area contributed by atoms with Gasteiger partial charge in [0.25, 0.3) is 0 Å². The van der Waals surface area contributed by atoms with Crippen LogP contribution in [0.1, 0.15) is 5.56 Å². The maximum Gasteiger partial charge on any atom is 0.155 e. The molecule has 0 saturated heterocycles. The first kappa shape index (κ1) is 14.1. The lowest BCUT2D eigenvalue weighted by atomic mass is 10.1. The van der Waals surface area contributed by atoms with Gasteiger partial charge in [0.15, 0.2) is 5.82 Å². The molecule has 0 saturated carbocycles. The summed E-state index contributed by atoms with van der Waals surface area (Å²) >= 11 is 9.62. The first-order chi connectivity index (χ1) is 10.2. The molecule has 0 fully saturated rings. The Morgan fingerprint density at radius 3 is 2.86 bits per heavy atom. The van der Waals surface area contributed by atoms with E-state index in [9.17, 15) is 0 Å². The number of anilines is 1. The minimum atomic E-state index is 0.659. The number of aromatic nitrogens is 3. The van der Waals surface area contributed by atoms with Crippen molar-refractivity contribution < 1.29 is 0 Å². The molecule has 0 amide bonds. The molecule has 0 unspecified atom stereocenters. The second-order valence-corrected chi connectivity index (χ2v) is 5.83. The lowest BCUT2D eigenvalue weighted by Crippen LogP contribution is -2.00. The number of rotatable bonds is 4. The van der Waals surface area contributed by atoms with E-state index >= 15 is 0 Å². The molecule has 2 aromatic carbocycles. The smallest absolute Gasteiger partial charge is 0.155 e. The molecule has 6 heteroatoms. The molecule has 1 aromatic heterocycles. The fourth-order valence-corrected chi connectivity index (χ4v) is 2.72. The van der Waals surface area contributed by atoms with E-state index in [0.29, 0.717) is 6.54 Å². The van der Waals surface area contributed by atoms with Gasteiger partial charge in [-0.05, 0) is 29.8 Å². The van der Waals surface area contributed by atoms with Crippen LogP contribution in [0.5, 0.6) is 0 Å². The number of nitrogens with zero attached hydrogens (tertiary/aromatic N) is 2. The SMILES string of the molecule is Clc1cc(Br)ccc1CNc1cccc(-c2ncn[nH]2)c1.